The van der Waals surface area contributed by atoms with Crippen LogP contribution in [0.4, 0.5) is 4.39 Å². The molecule has 0 amide bonds. The summed E-state index contributed by atoms with van der Waals surface area (Å²) >= 11 is 0. The molecule has 0 unspecified atom stereocenters. The Morgan fingerprint density at radius 1 is 0.552 bits per heavy atom. The number of carbonyl (C=O) groups is 2. The summed E-state index contributed by atoms with van der Waals surface area (Å²) in [5, 5.41) is 20.6. The lowest BCUT2D eigenvalue weighted by atomic mass is 9.82. The van der Waals surface area contributed by atoms with Gasteiger partial charge in [0.1, 0.15) is 11.6 Å². The van der Waals surface area contributed by atoms with Gasteiger partial charge in [-0.05, 0) is 157 Å². The van der Waals surface area contributed by atoms with Crippen molar-refractivity contribution >= 4 is 11.9 Å². The standard InChI is InChI=1S/C59H71FO7/c1-9-15-42-18-20-45(21-19-42)48-24-27-54(55(60)37-48)53-26-23-47(34-44(53)12-4)46-22-25-52(43(11-3)33-46)51-35-49(16-13-30-66-57(63)40(5)6)56(65-32-29-59(38-61,39-62)28-10-2)50(36-51)17-14-31-67-58(64)41(7)8/h18-27,33-37,61-62H,5,7,9-17,28-32,38-39H2,1-4,6,8H3. The van der Waals surface area contributed by atoms with Crippen molar-refractivity contribution in [1.29, 1.82) is 0 Å². The molecule has 5 aromatic carbocycles. The monoisotopic (exact) mass is 911 g/mol. The second-order valence-corrected chi connectivity index (χ2v) is 17.9. The Bertz CT molecular complexity index is 2420. The van der Waals surface area contributed by atoms with E-state index in [0.717, 1.165) is 93.3 Å². The Kier molecular flexibility index (Phi) is 19.7. The van der Waals surface area contributed by atoms with Crippen molar-refractivity contribution in [1.82, 2.24) is 0 Å². The molecule has 356 valence electrons. The van der Waals surface area contributed by atoms with Gasteiger partial charge >= 0.3 is 11.9 Å². The quantitative estimate of drug-likeness (QED) is 0.0324. The summed E-state index contributed by atoms with van der Waals surface area (Å²) in [6.07, 6.45) is 7.71. The van der Waals surface area contributed by atoms with Crippen molar-refractivity contribution in [2.45, 2.75) is 112 Å². The van der Waals surface area contributed by atoms with Crippen LogP contribution >= 0.6 is 0 Å². The number of carbonyl (C=O) groups excluding carboxylic acids is 2. The van der Waals surface area contributed by atoms with Crippen molar-refractivity contribution < 1.29 is 38.4 Å². The summed E-state index contributed by atoms with van der Waals surface area (Å²) < 4.78 is 33.5. The molecule has 7 nitrogen and oxygen atoms in total. The SMILES string of the molecule is C=C(C)C(=O)OCCCc1cc(-c2ccc(-c3ccc(-c4ccc(-c5ccc(CCC)cc5)cc4F)c(CC)c3)cc2CC)cc(CCCOC(=O)C(=C)C)c1OCCC(CO)(CO)CCC. The predicted octanol–water partition coefficient (Wildman–Crippen LogP) is 13.2. The van der Waals surface area contributed by atoms with E-state index in [1.165, 1.54) is 5.56 Å². The molecule has 67 heavy (non-hydrogen) atoms. The fourth-order valence-electron chi connectivity index (χ4n) is 8.70. The number of aryl methyl sites for hydroxylation is 5. The molecule has 0 fully saturated rings. The minimum absolute atomic E-state index is 0.150. The Morgan fingerprint density at radius 2 is 1.03 bits per heavy atom. The van der Waals surface area contributed by atoms with Crippen LogP contribution in [0.1, 0.15) is 108 Å². The van der Waals surface area contributed by atoms with E-state index in [9.17, 15) is 19.8 Å². The van der Waals surface area contributed by atoms with Gasteiger partial charge in [0.25, 0.3) is 0 Å². The maximum absolute atomic E-state index is 15.9. The number of rotatable bonds is 26. The van der Waals surface area contributed by atoms with Crippen molar-refractivity contribution in [3.05, 3.63) is 149 Å². The molecule has 0 spiro atoms. The average Bonchev–Trinajstić information content (AvgIpc) is 3.34. The van der Waals surface area contributed by atoms with Crippen LogP contribution in [0.2, 0.25) is 0 Å². The highest BCUT2D eigenvalue weighted by molar-refractivity contribution is 5.87. The smallest absolute Gasteiger partial charge is 0.333 e. The fourth-order valence-corrected chi connectivity index (χ4v) is 8.70. The minimum atomic E-state index is -0.665. The summed E-state index contributed by atoms with van der Waals surface area (Å²) in [5.74, 6) is -0.411. The molecule has 0 saturated carbocycles. The lowest BCUT2D eigenvalue weighted by Gasteiger charge is -2.30. The first kappa shape index (κ1) is 52.1. The topological polar surface area (TPSA) is 102 Å². The van der Waals surface area contributed by atoms with Crippen LogP contribution < -0.4 is 4.74 Å². The molecule has 0 saturated heterocycles. The third kappa shape index (κ3) is 13.9. The number of halogens is 1. The van der Waals surface area contributed by atoms with Crippen LogP contribution in [-0.2, 0) is 51.2 Å². The molecule has 0 aliphatic carbocycles. The first-order valence-electron chi connectivity index (χ1n) is 24.1. The van der Waals surface area contributed by atoms with Gasteiger partial charge in [-0.2, -0.15) is 0 Å². The number of hydrogen-bond donors (Lipinski definition) is 2. The molecule has 0 atom stereocenters. The Morgan fingerprint density at radius 3 is 1.51 bits per heavy atom. The lowest BCUT2D eigenvalue weighted by Crippen LogP contribution is -2.31. The molecule has 8 heteroatoms. The first-order chi connectivity index (χ1) is 32.3. The van der Waals surface area contributed by atoms with E-state index in [1.807, 2.05) is 25.1 Å². The highest BCUT2D eigenvalue weighted by Gasteiger charge is 2.28. The largest absolute Gasteiger partial charge is 0.493 e. The van der Waals surface area contributed by atoms with Crippen LogP contribution in [0.15, 0.2) is 115 Å². The molecule has 5 aromatic rings. The highest BCUT2D eigenvalue weighted by Crippen LogP contribution is 2.39. The van der Waals surface area contributed by atoms with E-state index in [1.54, 1.807) is 19.9 Å². The summed E-state index contributed by atoms with van der Waals surface area (Å²) in [4.78, 5) is 24.5. The van der Waals surface area contributed by atoms with Gasteiger partial charge in [0.05, 0.1) is 33.0 Å². The average molecular weight is 911 g/mol. The van der Waals surface area contributed by atoms with Crippen LogP contribution in [0, 0.1) is 11.2 Å². The number of esters is 2. The number of ether oxygens (including phenoxy) is 3. The van der Waals surface area contributed by atoms with Crippen molar-refractivity contribution in [3.63, 3.8) is 0 Å². The molecule has 0 radical (unpaired) electrons. The zero-order valence-corrected chi connectivity index (χ0v) is 40.7. The van der Waals surface area contributed by atoms with Crippen molar-refractivity contribution in [3.8, 4) is 50.3 Å². The third-order valence-electron chi connectivity index (χ3n) is 12.6. The van der Waals surface area contributed by atoms with Gasteiger partial charge in [-0.15, -0.1) is 0 Å². The molecular weight excluding hydrogens is 840 g/mol. The second-order valence-electron chi connectivity index (χ2n) is 17.9. The van der Waals surface area contributed by atoms with E-state index in [-0.39, 0.29) is 38.9 Å². The summed E-state index contributed by atoms with van der Waals surface area (Å²) in [6.45, 7) is 19.5. The van der Waals surface area contributed by atoms with Gasteiger partial charge in [-0.25, -0.2) is 14.0 Å². The number of aliphatic hydroxyl groups excluding tert-OH is 2. The minimum Gasteiger partial charge on any atom is -0.493 e. The van der Waals surface area contributed by atoms with Crippen LogP contribution in [0.3, 0.4) is 0 Å². The molecule has 0 heterocycles. The number of hydrogen-bond acceptors (Lipinski definition) is 7. The Balaban J connectivity index is 1.51. The van der Waals surface area contributed by atoms with E-state index >= 15 is 4.39 Å². The van der Waals surface area contributed by atoms with Crippen LogP contribution in [0.25, 0.3) is 44.5 Å². The third-order valence-corrected chi connectivity index (χ3v) is 12.6. The number of benzene rings is 5. The van der Waals surface area contributed by atoms with Gasteiger partial charge in [0, 0.05) is 22.1 Å². The summed E-state index contributed by atoms with van der Waals surface area (Å²) in [7, 11) is 0. The lowest BCUT2D eigenvalue weighted by molar-refractivity contribution is -0.139. The normalized spacial score (nSPS) is 11.4. The van der Waals surface area contributed by atoms with E-state index in [0.29, 0.717) is 61.0 Å². The van der Waals surface area contributed by atoms with Crippen LogP contribution in [0.5, 0.6) is 5.75 Å². The zero-order chi connectivity index (χ0) is 48.5. The van der Waals surface area contributed by atoms with Gasteiger partial charge in [0.2, 0.25) is 0 Å². The molecule has 2 N–H and O–H groups in total. The summed E-state index contributed by atoms with van der Waals surface area (Å²) in [5.41, 5.74) is 12.9. The molecule has 5 rings (SSSR count). The zero-order valence-electron chi connectivity index (χ0n) is 40.7. The molecule has 0 aliphatic heterocycles. The van der Waals surface area contributed by atoms with E-state index in [4.69, 9.17) is 14.2 Å². The fraction of sp³-hybridized carbons (Fsp3) is 0.390. The van der Waals surface area contributed by atoms with Gasteiger partial charge in [0.15, 0.2) is 0 Å². The van der Waals surface area contributed by atoms with Gasteiger partial charge in [-0.1, -0.05) is 126 Å². The Hall–Kier alpha value is -5.83. The van der Waals surface area contributed by atoms with E-state index in [2.05, 4.69) is 101 Å². The molecule has 0 aliphatic rings. The van der Waals surface area contributed by atoms with Gasteiger partial charge < -0.3 is 24.4 Å². The first-order valence-corrected chi connectivity index (χ1v) is 24.1. The van der Waals surface area contributed by atoms with Crippen LogP contribution in [-0.4, -0.2) is 55.2 Å². The molecular formula is C59H71FO7. The summed E-state index contributed by atoms with van der Waals surface area (Å²) in [6, 6.07) is 31.1. The van der Waals surface area contributed by atoms with Crippen molar-refractivity contribution in [2.75, 3.05) is 33.0 Å². The van der Waals surface area contributed by atoms with E-state index < -0.39 is 17.4 Å². The van der Waals surface area contributed by atoms with Gasteiger partial charge in [-0.3, -0.25) is 0 Å². The Labute approximate surface area is 398 Å². The van der Waals surface area contributed by atoms with Crippen molar-refractivity contribution in [2.24, 2.45) is 5.41 Å². The highest BCUT2D eigenvalue weighted by atomic mass is 19.1. The second kappa shape index (κ2) is 25.3. The maximum Gasteiger partial charge on any atom is 0.333 e. The molecule has 0 aromatic heterocycles. The number of aliphatic hydroxyl groups is 2. The predicted molar refractivity (Wildman–Crippen MR) is 271 cm³/mol. The molecule has 0 bridgehead atoms. The maximum atomic E-state index is 15.9.